The summed E-state index contributed by atoms with van der Waals surface area (Å²) in [7, 11) is -2.20. The number of ether oxygens (including phenoxy) is 1. The summed E-state index contributed by atoms with van der Waals surface area (Å²) in [5.41, 5.74) is 2.02. The summed E-state index contributed by atoms with van der Waals surface area (Å²) < 4.78 is 33.3. The number of thioether (sulfide) groups is 1. The van der Waals surface area contributed by atoms with E-state index < -0.39 is 10.0 Å². The number of methoxy groups -OCH3 is 1. The highest BCUT2D eigenvalue weighted by Crippen LogP contribution is 2.30. The van der Waals surface area contributed by atoms with Crippen LogP contribution in [0.15, 0.2) is 51.8 Å². The number of benzene rings is 2. The van der Waals surface area contributed by atoms with Gasteiger partial charge in [0.1, 0.15) is 10.6 Å². The van der Waals surface area contributed by atoms with Crippen LogP contribution in [-0.2, 0) is 14.8 Å². The number of hydrogen-bond donors (Lipinski definition) is 2. The molecule has 2 aromatic carbocycles. The van der Waals surface area contributed by atoms with E-state index in [2.05, 4.69) is 15.0 Å². The Bertz CT molecular complexity index is 970. The molecule has 0 fully saturated rings. The van der Waals surface area contributed by atoms with Gasteiger partial charge in [0, 0.05) is 5.69 Å². The predicted octanol–water partition coefficient (Wildman–Crippen LogP) is 2.85. The normalized spacial score (nSPS) is 14.6. The minimum Gasteiger partial charge on any atom is -0.497 e. The van der Waals surface area contributed by atoms with Crippen molar-refractivity contribution in [2.75, 3.05) is 23.5 Å². The predicted molar refractivity (Wildman–Crippen MR) is 104 cm³/mol. The smallest absolute Gasteiger partial charge is 0.286 e. The van der Waals surface area contributed by atoms with Gasteiger partial charge in [0.15, 0.2) is 5.17 Å². The lowest BCUT2D eigenvalue weighted by Crippen LogP contribution is -2.22. The lowest BCUT2D eigenvalue weighted by atomic mass is 10.2. The largest absolute Gasteiger partial charge is 0.497 e. The third-order valence-electron chi connectivity index (χ3n) is 3.57. The summed E-state index contributed by atoms with van der Waals surface area (Å²) in [4.78, 5) is 12.2. The molecule has 136 valence electrons. The molecule has 0 aromatic heterocycles. The van der Waals surface area contributed by atoms with Crippen molar-refractivity contribution in [3.63, 3.8) is 0 Å². The zero-order chi connectivity index (χ0) is 18.7. The molecule has 1 aliphatic rings. The summed E-state index contributed by atoms with van der Waals surface area (Å²) >= 11 is 1.03. The van der Waals surface area contributed by atoms with Crippen LogP contribution in [0.1, 0.15) is 5.56 Å². The van der Waals surface area contributed by atoms with E-state index in [0.29, 0.717) is 17.1 Å². The molecule has 0 spiro atoms. The van der Waals surface area contributed by atoms with Crippen molar-refractivity contribution in [2.24, 2.45) is 4.40 Å². The maximum Gasteiger partial charge on any atom is 0.286 e. The van der Waals surface area contributed by atoms with Crippen LogP contribution in [0.3, 0.4) is 0 Å². The summed E-state index contributed by atoms with van der Waals surface area (Å²) in [6.07, 6.45) is 0. The van der Waals surface area contributed by atoms with E-state index in [1.807, 2.05) is 6.92 Å². The van der Waals surface area contributed by atoms with Crippen LogP contribution < -0.4 is 15.4 Å². The molecule has 2 aromatic rings. The standard InChI is InChI=1S/C17H17N3O4S2/c1-11-3-8-15-14(9-11)19-17(20-26(15,22)23)25-10-16(21)18-12-4-6-13(24-2)7-5-12/h3-9H,10H2,1-2H3,(H,18,21)(H,19,20). The van der Waals surface area contributed by atoms with E-state index in [-0.39, 0.29) is 21.7 Å². The number of nitrogens with one attached hydrogen (secondary N) is 2. The molecule has 9 heteroatoms. The fourth-order valence-corrected chi connectivity index (χ4v) is 4.35. The van der Waals surface area contributed by atoms with Crippen molar-refractivity contribution in [2.45, 2.75) is 11.8 Å². The SMILES string of the molecule is COc1ccc(NC(=O)CSC2=NS(=O)(=O)c3ccc(C)cc3N2)cc1. The molecule has 7 nitrogen and oxygen atoms in total. The van der Waals surface area contributed by atoms with E-state index in [4.69, 9.17) is 4.74 Å². The monoisotopic (exact) mass is 391 g/mol. The third kappa shape index (κ3) is 4.17. The number of carbonyl (C=O) groups excluding carboxylic acids is 1. The van der Waals surface area contributed by atoms with E-state index in [9.17, 15) is 13.2 Å². The van der Waals surface area contributed by atoms with Gasteiger partial charge in [-0.1, -0.05) is 17.8 Å². The number of fused-ring (bicyclic) bond motifs is 1. The first kappa shape index (κ1) is 18.3. The molecule has 2 N–H and O–H groups in total. The average molecular weight is 391 g/mol. The highest BCUT2D eigenvalue weighted by Gasteiger charge is 2.25. The van der Waals surface area contributed by atoms with E-state index in [0.717, 1.165) is 17.3 Å². The lowest BCUT2D eigenvalue weighted by Gasteiger charge is -2.18. The van der Waals surface area contributed by atoms with Gasteiger partial charge in [-0.15, -0.1) is 4.40 Å². The molecule has 26 heavy (non-hydrogen) atoms. The number of aryl methyl sites for hydroxylation is 1. The second-order valence-electron chi connectivity index (χ2n) is 5.56. The average Bonchev–Trinajstić information content (AvgIpc) is 2.59. The maximum absolute atomic E-state index is 12.2. The van der Waals surface area contributed by atoms with Crippen molar-refractivity contribution in [3.8, 4) is 5.75 Å². The number of anilines is 2. The van der Waals surface area contributed by atoms with Crippen LogP contribution in [0.4, 0.5) is 11.4 Å². The number of amidine groups is 1. The lowest BCUT2D eigenvalue weighted by molar-refractivity contribution is -0.113. The zero-order valence-corrected chi connectivity index (χ0v) is 15.8. The minimum atomic E-state index is -3.76. The first-order valence-corrected chi connectivity index (χ1v) is 10.1. The first-order chi connectivity index (χ1) is 12.4. The molecule has 0 unspecified atom stereocenters. The molecule has 0 saturated heterocycles. The van der Waals surface area contributed by atoms with Crippen molar-refractivity contribution >= 4 is 44.2 Å². The van der Waals surface area contributed by atoms with Gasteiger partial charge in [-0.25, -0.2) is 0 Å². The molecule has 3 rings (SSSR count). The van der Waals surface area contributed by atoms with Gasteiger partial charge < -0.3 is 15.4 Å². The number of hydrogen-bond acceptors (Lipinski definition) is 6. The number of amides is 1. The molecule has 0 bridgehead atoms. The second kappa shape index (κ2) is 7.38. The Hall–Kier alpha value is -2.52. The van der Waals surface area contributed by atoms with Crippen LogP contribution in [0, 0.1) is 6.92 Å². The van der Waals surface area contributed by atoms with Crippen molar-refractivity contribution < 1.29 is 17.9 Å². The maximum atomic E-state index is 12.2. The quantitative estimate of drug-likeness (QED) is 0.832. The van der Waals surface area contributed by atoms with Gasteiger partial charge in [0.05, 0.1) is 18.6 Å². The van der Waals surface area contributed by atoms with Gasteiger partial charge in [-0.2, -0.15) is 8.42 Å². The van der Waals surface area contributed by atoms with E-state index >= 15 is 0 Å². The zero-order valence-electron chi connectivity index (χ0n) is 14.1. The molecular weight excluding hydrogens is 374 g/mol. The Balaban J connectivity index is 1.64. The van der Waals surface area contributed by atoms with Crippen molar-refractivity contribution in [1.29, 1.82) is 0 Å². The molecule has 0 radical (unpaired) electrons. The van der Waals surface area contributed by atoms with E-state index in [1.165, 1.54) is 6.07 Å². The van der Waals surface area contributed by atoms with Gasteiger partial charge in [-0.3, -0.25) is 4.79 Å². The fraction of sp³-hybridized carbons (Fsp3) is 0.176. The van der Waals surface area contributed by atoms with E-state index in [1.54, 1.807) is 43.5 Å². The Kier molecular flexibility index (Phi) is 5.19. The Labute approximate surface area is 155 Å². The third-order valence-corrected chi connectivity index (χ3v) is 5.90. The minimum absolute atomic E-state index is 0.0224. The van der Waals surface area contributed by atoms with Crippen molar-refractivity contribution in [1.82, 2.24) is 0 Å². The van der Waals surface area contributed by atoms with Crippen molar-refractivity contribution in [3.05, 3.63) is 48.0 Å². The van der Waals surface area contributed by atoms with Crippen LogP contribution in [0.2, 0.25) is 0 Å². The highest BCUT2D eigenvalue weighted by molar-refractivity contribution is 8.15. The van der Waals surface area contributed by atoms with Crippen LogP contribution in [0.25, 0.3) is 0 Å². The molecule has 1 aliphatic heterocycles. The van der Waals surface area contributed by atoms with Gasteiger partial charge in [-0.05, 0) is 48.9 Å². The van der Waals surface area contributed by atoms with Crippen LogP contribution in [0.5, 0.6) is 5.75 Å². The fourth-order valence-electron chi connectivity index (χ4n) is 2.33. The summed E-state index contributed by atoms with van der Waals surface area (Å²) in [6, 6.07) is 11.9. The molecule has 1 heterocycles. The number of rotatable bonds is 4. The number of sulfonamides is 1. The van der Waals surface area contributed by atoms with Gasteiger partial charge in [0.2, 0.25) is 5.91 Å². The molecule has 0 atom stereocenters. The van der Waals surface area contributed by atoms with Crippen LogP contribution >= 0.6 is 11.8 Å². The summed E-state index contributed by atoms with van der Waals surface area (Å²) in [5, 5.41) is 5.87. The molecule has 0 aliphatic carbocycles. The summed E-state index contributed by atoms with van der Waals surface area (Å²) in [5.74, 6) is 0.448. The first-order valence-electron chi connectivity index (χ1n) is 7.67. The Morgan fingerprint density at radius 2 is 1.96 bits per heavy atom. The molecule has 1 amide bonds. The molecular formula is C17H17N3O4S2. The Morgan fingerprint density at radius 3 is 2.65 bits per heavy atom. The highest BCUT2D eigenvalue weighted by atomic mass is 32.2. The number of carbonyl (C=O) groups is 1. The number of nitrogens with zero attached hydrogens (tertiary/aromatic N) is 1. The second-order valence-corrected chi connectivity index (χ2v) is 8.10. The summed E-state index contributed by atoms with van der Waals surface area (Å²) in [6.45, 7) is 1.87. The Morgan fingerprint density at radius 1 is 1.23 bits per heavy atom. The van der Waals surface area contributed by atoms with Gasteiger partial charge in [0.25, 0.3) is 10.0 Å². The molecule has 0 saturated carbocycles. The topological polar surface area (TPSA) is 96.9 Å². The van der Waals surface area contributed by atoms with Crippen LogP contribution in [-0.4, -0.2) is 32.4 Å². The van der Waals surface area contributed by atoms with Gasteiger partial charge >= 0.3 is 0 Å².